The summed E-state index contributed by atoms with van der Waals surface area (Å²) in [5.74, 6) is -0.420. The van der Waals surface area contributed by atoms with Gasteiger partial charge in [-0.3, -0.25) is 10.1 Å². The Hall–Kier alpha value is -1.90. The predicted octanol–water partition coefficient (Wildman–Crippen LogP) is 2.27. The number of hydrogen-bond acceptors (Lipinski definition) is 5. The first-order valence-corrected chi connectivity index (χ1v) is 5.91. The molecule has 0 bridgehead atoms. The fourth-order valence-electron chi connectivity index (χ4n) is 2.08. The highest BCUT2D eigenvalue weighted by atomic mass is 19.4. The smallest absolute Gasteiger partial charge is 0.433 e. The first-order chi connectivity index (χ1) is 9.27. The second kappa shape index (κ2) is 5.23. The Kier molecular flexibility index (Phi) is 3.80. The number of nitrogens with zero attached hydrogens (tertiary/aromatic N) is 2. The standard InChI is InChI=1S/C11H12F3N3O3/c12-11(13,14)10-4-9(8(5-16-10)17(18)19)20-7-2-1-6(15)3-7/h4-7H,1-3,15H2. The van der Waals surface area contributed by atoms with E-state index in [-0.39, 0.29) is 6.04 Å². The van der Waals surface area contributed by atoms with E-state index in [1.54, 1.807) is 0 Å². The number of aromatic nitrogens is 1. The molecule has 0 spiro atoms. The topological polar surface area (TPSA) is 91.3 Å². The average Bonchev–Trinajstić information content (AvgIpc) is 2.73. The summed E-state index contributed by atoms with van der Waals surface area (Å²) in [7, 11) is 0. The van der Waals surface area contributed by atoms with Gasteiger partial charge < -0.3 is 10.5 Å². The minimum absolute atomic E-state index is 0.0945. The van der Waals surface area contributed by atoms with Gasteiger partial charge in [0.1, 0.15) is 18.0 Å². The summed E-state index contributed by atoms with van der Waals surface area (Å²) >= 11 is 0. The van der Waals surface area contributed by atoms with Crippen LogP contribution in [-0.2, 0) is 6.18 Å². The molecule has 0 aliphatic heterocycles. The van der Waals surface area contributed by atoms with Gasteiger partial charge in [-0.05, 0) is 19.3 Å². The lowest BCUT2D eigenvalue weighted by Crippen LogP contribution is -2.20. The van der Waals surface area contributed by atoms with Crippen molar-refractivity contribution in [3.8, 4) is 5.75 Å². The fraction of sp³-hybridized carbons (Fsp3) is 0.545. The highest BCUT2D eigenvalue weighted by Crippen LogP contribution is 2.36. The second-order valence-electron chi connectivity index (χ2n) is 4.61. The monoisotopic (exact) mass is 291 g/mol. The van der Waals surface area contributed by atoms with Gasteiger partial charge in [-0.15, -0.1) is 0 Å². The summed E-state index contributed by atoms with van der Waals surface area (Å²) in [4.78, 5) is 13.0. The molecule has 2 rings (SSSR count). The van der Waals surface area contributed by atoms with E-state index in [1.807, 2.05) is 0 Å². The van der Waals surface area contributed by atoms with Gasteiger partial charge in [-0.2, -0.15) is 13.2 Å². The van der Waals surface area contributed by atoms with Crippen LogP contribution in [0.4, 0.5) is 18.9 Å². The third-order valence-corrected chi connectivity index (χ3v) is 3.05. The average molecular weight is 291 g/mol. The van der Waals surface area contributed by atoms with E-state index in [4.69, 9.17) is 10.5 Å². The van der Waals surface area contributed by atoms with E-state index in [1.165, 1.54) is 0 Å². The van der Waals surface area contributed by atoms with Gasteiger partial charge in [-0.25, -0.2) is 4.98 Å². The van der Waals surface area contributed by atoms with Crippen molar-refractivity contribution in [1.29, 1.82) is 0 Å². The number of pyridine rings is 1. The molecule has 0 amide bonds. The van der Waals surface area contributed by atoms with Gasteiger partial charge in [0.25, 0.3) is 0 Å². The first-order valence-electron chi connectivity index (χ1n) is 5.91. The Balaban J connectivity index is 2.30. The maximum atomic E-state index is 12.6. The van der Waals surface area contributed by atoms with Crippen LogP contribution in [-0.4, -0.2) is 22.1 Å². The zero-order valence-electron chi connectivity index (χ0n) is 10.3. The maximum Gasteiger partial charge on any atom is 0.433 e. The molecule has 2 atom stereocenters. The third-order valence-electron chi connectivity index (χ3n) is 3.05. The highest BCUT2D eigenvalue weighted by Gasteiger charge is 2.35. The Morgan fingerprint density at radius 1 is 1.45 bits per heavy atom. The van der Waals surface area contributed by atoms with Gasteiger partial charge in [0, 0.05) is 12.1 Å². The van der Waals surface area contributed by atoms with Gasteiger partial charge in [0.2, 0.25) is 5.75 Å². The molecule has 1 aromatic heterocycles. The molecule has 110 valence electrons. The molecular formula is C11H12F3N3O3. The lowest BCUT2D eigenvalue weighted by molar-refractivity contribution is -0.386. The molecule has 0 aromatic carbocycles. The van der Waals surface area contributed by atoms with Crippen LogP contribution in [0.15, 0.2) is 12.3 Å². The van der Waals surface area contributed by atoms with E-state index in [0.717, 1.165) is 0 Å². The Bertz CT molecular complexity index is 521. The van der Waals surface area contributed by atoms with Crippen molar-refractivity contribution in [3.05, 3.63) is 28.1 Å². The van der Waals surface area contributed by atoms with Crippen LogP contribution < -0.4 is 10.5 Å². The Morgan fingerprint density at radius 3 is 2.65 bits per heavy atom. The van der Waals surface area contributed by atoms with Crippen LogP contribution in [0.25, 0.3) is 0 Å². The summed E-state index contributed by atoms with van der Waals surface area (Å²) in [5.41, 5.74) is 3.86. The molecule has 6 nitrogen and oxygen atoms in total. The van der Waals surface area contributed by atoms with Gasteiger partial charge in [-0.1, -0.05) is 0 Å². The number of ether oxygens (including phenoxy) is 1. The van der Waals surface area contributed by atoms with E-state index >= 15 is 0 Å². The molecule has 1 saturated carbocycles. The predicted molar refractivity (Wildman–Crippen MR) is 62.1 cm³/mol. The van der Waals surface area contributed by atoms with Gasteiger partial charge in [0.05, 0.1) is 4.92 Å². The normalized spacial score (nSPS) is 22.8. The van der Waals surface area contributed by atoms with Crippen molar-refractivity contribution in [3.63, 3.8) is 0 Å². The van der Waals surface area contributed by atoms with E-state index in [0.29, 0.717) is 31.5 Å². The highest BCUT2D eigenvalue weighted by molar-refractivity contribution is 5.45. The summed E-state index contributed by atoms with van der Waals surface area (Å²) < 4.78 is 43.0. The van der Waals surface area contributed by atoms with Crippen molar-refractivity contribution in [2.75, 3.05) is 0 Å². The van der Waals surface area contributed by atoms with E-state index < -0.39 is 34.3 Å². The maximum absolute atomic E-state index is 12.6. The van der Waals surface area contributed by atoms with Crippen molar-refractivity contribution in [1.82, 2.24) is 4.98 Å². The number of nitrogens with two attached hydrogens (primary N) is 1. The Labute approximate surface area is 111 Å². The minimum Gasteiger partial charge on any atom is -0.483 e. The largest absolute Gasteiger partial charge is 0.483 e. The van der Waals surface area contributed by atoms with Crippen LogP contribution in [0.1, 0.15) is 25.0 Å². The van der Waals surface area contributed by atoms with Crippen LogP contribution in [0.3, 0.4) is 0 Å². The van der Waals surface area contributed by atoms with Crippen LogP contribution in [0, 0.1) is 10.1 Å². The van der Waals surface area contributed by atoms with Gasteiger partial charge >= 0.3 is 11.9 Å². The van der Waals surface area contributed by atoms with Crippen molar-refractivity contribution >= 4 is 5.69 Å². The van der Waals surface area contributed by atoms with Crippen molar-refractivity contribution in [2.45, 2.75) is 37.6 Å². The summed E-state index contributed by atoms with van der Waals surface area (Å²) in [5, 5.41) is 10.8. The molecule has 1 aliphatic carbocycles. The SMILES string of the molecule is NC1CCC(Oc2cc(C(F)(F)F)ncc2[N+](=O)[O-])C1. The molecule has 1 aromatic rings. The lowest BCUT2D eigenvalue weighted by atomic mass is 10.2. The molecule has 0 radical (unpaired) electrons. The van der Waals surface area contributed by atoms with E-state index in [9.17, 15) is 23.3 Å². The number of alkyl halides is 3. The molecule has 9 heteroatoms. The van der Waals surface area contributed by atoms with Crippen molar-refractivity contribution < 1.29 is 22.8 Å². The number of rotatable bonds is 3. The first kappa shape index (κ1) is 14.5. The lowest BCUT2D eigenvalue weighted by Gasteiger charge is -2.14. The fourth-order valence-corrected chi connectivity index (χ4v) is 2.08. The number of nitro groups is 1. The van der Waals surface area contributed by atoms with Crippen LogP contribution in [0.5, 0.6) is 5.75 Å². The molecule has 1 heterocycles. The quantitative estimate of drug-likeness (QED) is 0.681. The van der Waals surface area contributed by atoms with E-state index in [2.05, 4.69) is 4.98 Å². The molecule has 2 unspecified atom stereocenters. The summed E-state index contributed by atoms with van der Waals surface area (Å²) in [6.45, 7) is 0. The molecule has 2 N–H and O–H groups in total. The van der Waals surface area contributed by atoms with Crippen LogP contribution >= 0.6 is 0 Å². The zero-order valence-corrected chi connectivity index (χ0v) is 10.3. The van der Waals surface area contributed by atoms with Gasteiger partial charge in [0.15, 0.2) is 0 Å². The second-order valence-corrected chi connectivity index (χ2v) is 4.61. The molecular weight excluding hydrogens is 279 g/mol. The summed E-state index contributed by atoms with van der Waals surface area (Å²) in [6.07, 6.45) is -2.84. The minimum atomic E-state index is -4.68. The molecule has 20 heavy (non-hydrogen) atoms. The summed E-state index contributed by atoms with van der Waals surface area (Å²) in [6, 6.07) is 0.463. The third kappa shape index (κ3) is 3.16. The van der Waals surface area contributed by atoms with Crippen LogP contribution in [0.2, 0.25) is 0 Å². The molecule has 1 aliphatic rings. The number of halogens is 3. The molecule has 1 fully saturated rings. The number of hydrogen-bond donors (Lipinski definition) is 1. The molecule has 0 saturated heterocycles. The van der Waals surface area contributed by atoms with Crippen molar-refractivity contribution in [2.24, 2.45) is 5.73 Å². The Morgan fingerprint density at radius 2 is 2.15 bits per heavy atom. The zero-order chi connectivity index (χ0) is 14.9.